The van der Waals surface area contributed by atoms with Crippen molar-refractivity contribution in [1.82, 2.24) is 0 Å². The van der Waals surface area contributed by atoms with E-state index in [2.05, 4.69) is 6.58 Å². The van der Waals surface area contributed by atoms with Gasteiger partial charge in [-0.05, 0) is 34.1 Å². The number of allylic oxidation sites excluding steroid dienone is 1. The molecule has 0 aromatic carbocycles. The van der Waals surface area contributed by atoms with E-state index in [0.29, 0.717) is 0 Å². The average molecular weight is 312 g/mol. The zero-order valence-electron chi connectivity index (χ0n) is 12.8. The fraction of sp³-hybridized carbons (Fsp3) is 0.714. The third kappa shape index (κ3) is 16.4. The minimum atomic E-state index is -4.43. The van der Waals surface area contributed by atoms with E-state index in [0.717, 1.165) is 0 Å². The molecule has 124 valence electrons. The number of hydrogen-bond acceptors (Lipinski definition) is 3. The van der Waals surface area contributed by atoms with E-state index in [-0.39, 0.29) is 0 Å². The van der Waals surface area contributed by atoms with E-state index >= 15 is 0 Å². The quantitative estimate of drug-likeness (QED) is 0.616. The Kier molecular flexibility index (Phi) is 9.76. The number of carbonyl (C=O) groups excluding carboxylic acids is 1. The van der Waals surface area contributed by atoms with Crippen LogP contribution in [-0.4, -0.2) is 28.8 Å². The molecule has 0 unspecified atom stereocenters. The van der Waals surface area contributed by atoms with Gasteiger partial charge in [0.2, 0.25) is 0 Å². The number of carboxylic acid groups (broad SMARTS) is 1. The molecule has 0 heterocycles. The number of hydrogen-bond donors (Lipinski definition) is 1. The van der Waals surface area contributed by atoms with E-state index in [1.165, 1.54) is 0 Å². The molecule has 0 fully saturated rings. The zero-order valence-corrected chi connectivity index (χ0v) is 12.8. The second-order valence-electron chi connectivity index (χ2n) is 5.39. The van der Waals surface area contributed by atoms with Crippen molar-refractivity contribution in [1.29, 1.82) is 0 Å². The highest BCUT2D eigenvalue weighted by Crippen LogP contribution is 2.26. The maximum atomic E-state index is 12.0. The molecule has 1 atom stereocenters. The van der Waals surface area contributed by atoms with Crippen molar-refractivity contribution in [2.24, 2.45) is 5.92 Å². The van der Waals surface area contributed by atoms with Crippen LogP contribution in [0.3, 0.4) is 0 Å². The molecule has 0 radical (unpaired) electrons. The summed E-state index contributed by atoms with van der Waals surface area (Å²) in [6.07, 6.45) is -5.09. The molecule has 0 aliphatic carbocycles. The maximum absolute atomic E-state index is 12.0. The molecular weight excluding hydrogens is 289 g/mol. The molecule has 0 aromatic heterocycles. The largest absolute Gasteiger partial charge is 0.481 e. The first-order valence-electron chi connectivity index (χ1n) is 6.40. The van der Waals surface area contributed by atoms with Crippen LogP contribution in [-0.2, 0) is 14.3 Å². The van der Waals surface area contributed by atoms with Crippen LogP contribution in [0.25, 0.3) is 0 Å². The fourth-order valence-electron chi connectivity index (χ4n) is 1.24. The van der Waals surface area contributed by atoms with E-state index < -0.39 is 48.9 Å². The lowest BCUT2D eigenvalue weighted by atomic mass is 9.99. The van der Waals surface area contributed by atoms with Crippen molar-refractivity contribution >= 4 is 11.9 Å². The van der Waals surface area contributed by atoms with Gasteiger partial charge in [-0.3, -0.25) is 9.59 Å². The molecular formula is C14H23F3O4. The average Bonchev–Trinajstić information content (AvgIpc) is 2.20. The molecule has 7 heteroatoms. The van der Waals surface area contributed by atoms with Gasteiger partial charge in [-0.15, -0.1) is 6.58 Å². The summed E-state index contributed by atoms with van der Waals surface area (Å²) in [4.78, 5) is 22.1. The van der Waals surface area contributed by atoms with Crippen LogP contribution in [0.4, 0.5) is 13.2 Å². The highest BCUT2D eigenvalue weighted by molar-refractivity contribution is 5.78. The van der Waals surface area contributed by atoms with E-state index in [9.17, 15) is 22.8 Å². The van der Waals surface area contributed by atoms with Crippen molar-refractivity contribution in [2.75, 3.05) is 0 Å². The standard InChI is InChI=1S/C11H17F3O4.C3H6/c1-10(2,3)18-8(15)6-7(9(16)17)4-5-11(12,13)14;1-3-2/h7H,4-6H2,1-3H3,(H,16,17);3H,1H2,2H3/t7-;/m1./s1. The van der Waals surface area contributed by atoms with Gasteiger partial charge < -0.3 is 9.84 Å². The zero-order chi connectivity index (χ0) is 17.3. The molecule has 0 aliphatic heterocycles. The van der Waals surface area contributed by atoms with Gasteiger partial charge in [-0.2, -0.15) is 13.2 Å². The fourth-order valence-corrected chi connectivity index (χ4v) is 1.24. The topological polar surface area (TPSA) is 63.6 Å². The number of aliphatic carboxylic acids is 1. The third-order valence-corrected chi connectivity index (χ3v) is 1.96. The molecule has 0 bridgehead atoms. The van der Waals surface area contributed by atoms with Crippen LogP contribution in [0.15, 0.2) is 12.7 Å². The van der Waals surface area contributed by atoms with Gasteiger partial charge in [0.25, 0.3) is 0 Å². The van der Waals surface area contributed by atoms with Crippen molar-refractivity contribution in [2.45, 2.75) is 58.7 Å². The number of halogens is 3. The molecule has 0 saturated heterocycles. The number of rotatable bonds is 5. The maximum Gasteiger partial charge on any atom is 0.389 e. The minimum absolute atomic E-state index is 0.553. The normalized spacial score (nSPS) is 12.7. The number of carbonyl (C=O) groups is 2. The summed E-state index contributed by atoms with van der Waals surface area (Å²) in [5, 5.41) is 8.74. The highest BCUT2D eigenvalue weighted by atomic mass is 19.4. The Morgan fingerprint density at radius 1 is 1.29 bits per heavy atom. The number of ether oxygens (including phenoxy) is 1. The van der Waals surface area contributed by atoms with Crippen LogP contribution in [0.1, 0.15) is 47.0 Å². The number of carboxylic acids is 1. The summed E-state index contributed by atoms with van der Waals surface area (Å²) in [5.74, 6) is -3.61. The molecule has 0 aromatic rings. The predicted octanol–water partition coefficient (Wildman–Crippen LogP) is 3.95. The Bertz CT molecular complexity index is 343. The van der Waals surface area contributed by atoms with Gasteiger partial charge in [0.05, 0.1) is 12.3 Å². The summed E-state index contributed by atoms with van der Waals surface area (Å²) in [5.41, 5.74) is -0.788. The summed E-state index contributed by atoms with van der Waals surface area (Å²) >= 11 is 0. The van der Waals surface area contributed by atoms with E-state index in [4.69, 9.17) is 9.84 Å². The highest BCUT2D eigenvalue weighted by Gasteiger charge is 2.32. The Balaban J connectivity index is 0. The van der Waals surface area contributed by atoms with Crippen LogP contribution < -0.4 is 0 Å². The Morgan fingerprint density at radius 2 is 1.71 bits per heavy atom. The van der Waals surface area contributed by atoms with Gasteiger partial charge in [0.1, 0.15) is 5.60 Å². The number of alkyl halides is 3. The van der Waals surface area contributed by atoms with Crippen LogP contribution in [0, 0.1) is 5.92 Å². The Morgan fingerprint density at radius 3 is 2.00 bits per heavy atom. The second kappa shape index (κ2) is 9.41. The minimum Gasteiger partial charge on any atom is -0.481 e. The predicted molar refractivity (Wildman–Crippen MR) is 72.7 cm³/mol. The summed E-state index contributed by atoms with van der Waals surface area (Å²) in [7, 11) is 0. The first kappa shape index (κ1) is 21.8. The Labute approximate surface area is 123 Å². The van der Waals surface area contributed by atoms with Crippen molar-refractivity contribution < 1.29 is 32.6 Å². The van der Waals surface area contributed by atoms with Gasteiger partial charge in [-0.1, -0.05) is 6.08 Å². The van der Waals surface area contributed by atoms with Crippen LogP contribution in [0.2, 0.25) is 0 Å². The van der Waals surface area contributed by atoms with Gasteiger partial charge in [-0.25, -0.2) is 0 Å². The molecule has 0 saturated carbocycles. The third-order valence-electron chi connectivity index (χ3n) is 1.96. The van der Waals surface area contributed by atoms with Gasteiger partial charge in [0.15, 0.2) is 0 Å². The molecule has 0 amide bonds. The lowest BCUT2D eigenvalue weighted by molar-refractivity contribution is -0.162. The van der Waals surface area contributed by atoms with E-state index in [1.807, 2.05) is 6.92 Å². The lowest BCUT2D eigenvalue weighted by Gasteiger charge is -2.21. The van der Waals surface area contributed by atoms with Crippen molar-refractivity contribution in [3.05, 3.63) is 12.7 Å². The summed E-state index contributed by atoms with van der Waals surface area (Å²) in [6, 6.07) is 0. The van der Waals surface area contributed by atoms with E-state index in [1.54, 1.807) is 26.8 Å². The molecule has 0 aliphatic rings. The molecule has 0 rings (SSSR count). The van der Waals surface area contributed by atoms with Crippen LogP contribution >= 0.6 is 0 Å². The van der Waals surface area contributed by atoms with Crippen molar-refractivity contribution in [3.63, 3.8) is 0 Å². The SMILES string of the molecule is C=CC.CC(C)(C)OC(=O)C[C@@H](CCC(F)(F)F)C(=O)O. The smallest absolute Gasteiger partial charge is 0.389 e. The molecule has 21 heavy (non-hydrogen) atoms. The molecule has 0 spiro atoms. The molecule has 1 N–H and O–H groups in total. The second-order valence-corrected chi connectivity index (χ2v) is 5.39. The summed E-state index contributed by atoms with van der Waals surface area (Å²) < 4.78 is 40.8. The van der Waals surface area contributed by atoms with Gasteiger partial charge in [0, 0.05) is 6.42 Å². The van der Waals surface area contributed by atoms with Crippen molar-refractivity contribution in [3.8, 4) is 0 Å². The summed E-state index contributed by atoms with van der Waals surface area (Å²) in [6.45, 7) is 10.0. The first-order chi connectivity index (χ1) is 9.32. The molecule has 4 nitrogen and oxygen atoms in total. The van der Waals surface area contributed by atoms with Crippen LogP contribution in [0.5, 0.6) is 0 Å². The first-order valence-corrected chi connectivity index (χ1v) is 6.40. The Hall–Kier alpha value is -1.53. The lowest BCUT2D eigenvalue weighted by Crippen LogP contribution is -2.28. The van der Waals surface area contributed by atoms with Gasteiger partial charge >= 0.3 is 18.1 Å². The monoisotopic (exact) mass is 312 g/mol. The number of esters is 1.